The number of rotatable bonds is 10. The van der Waals surface area contributed by atoms with Crippen LogP contribution in [0.3, 0.4) is 0 Å². The maximum atomic E-state index is 13.8. The summed E-state index contributed by atoms with van der Waals surface area (Å²) >= 11 is 6.01. The molecular weight excluding hydrogens is 503 g/mol. The Labute approximate surface area is 213 Å². The van der Waals surface area contributed by atoms with E-state index in [-0.39, 0.29) is 25.4 Å². The van der Waals surface area contributed by atoms with Crippen LogP contribution in [0.1, 0.15) is 26.8 Å². The van der Waals surface area contributed by atoms with Crippen molar-refractivity contribution in [1.29, 1.82) is 0 Å². The molecule has 11 heteroatoms. The van der Waals surface area contributed by atoms with Gasteiger partial charge in [0.1, 0.15) is 5.82 Å². The summed E-state index contributed by atoms with van der Waals surface area (Å²) in [7, 11) is -3.76. The molecule has 0 fully saturated rings. The van der Waals surface area contributed by atoms with Crippen molar-refractivity contribution >= 4 is 30.3 Å². The molecule has 36 heavy (non-hydrogen) atoms. The minimum atomic E-state index is -3.76. The van der Waals surface area contributed by atoms with Crippen molar-refractivity contribution in [2.45, 2.75) is 26.8 Å². The van der Waals surface area contributed by atoms with Gasteiger partial charge in [-0.05, 0) is 51.1 Å². The number of aromatic nitrogens is 4. The third-order valence-corrected chi connectivity index (χ3v) is 7.20. The summed E-state index contributed by atoms with van der Waals surface area (Å²) in [4.78, 5) is 27.3. The molecule has 0 saturated heterocycles. The van der Waals surface area contributed by atoms with E-state index in [0.29, 0.717) is 33.0 Å². The zero-order valence-corrected chi connectivity index (χ0v) is 21.8. The number of hydrogen-bond donors (Lipinski definition) is 0. The molecule has 1 unspecified atom stereocenters. The van der Waals surface area contributed by atoms with Gasteiger partial charge in [-0.2, -0.15) is 0 Å². The zero-order valence-electron chi connectivity index (χ0n) is 20.1. The van der Waals surface area contributed by atoms with Gasteiger partial charge in [-0.25, -0.2) is 9.55 Å². The lowest BCUT2D eigenvalue weighted by Crippen LogP contribution is -2.29. The van der Waals surface area contributed by atoms with Crippen molar-refractivity contribution in [1.82, 2.24) is 19.5 Å². The van der Waals surface area contributed by atoms with E-state index < -0.39 is 13.9 Å². The van der Waals surface area contributed by atoms with E-state index >= 15 is 0 Å². The van der Waals surface area contributed by atoms with E-state index in [4.69, 9.17) is 30.2 Å². The first kappa shape index (κ1) is 26.1. The average molecular weight is 529 g/mol. The monoisotopic (exact) mass is 528 g/mol. The first-order valence-corrected chi connectivity index (χ1v) is 13.3. The Balaban J connectivity index is 1.81. The lowest BCUT2D eigenvalue weighted by molar-refractivity contribution is 0.110. The summed E-state index contributed by atoms with van der Waals surface area (Å²) in [6, 6.07) is 11.9. The predicted octanol–water partition coefficient (Wildman–Crippen LogP) is 5.93. The third-order valence-electron chi connectivity index (χ3n) is 5.34. The smallest absolute Gasteiger partial charge is 0.287 e. The summed E-state index contributed by atoms with van der Waals surface area (Å²) in [6.07, 6.45) is 4.84. The fourth-order valence-electron chi connectivity index (χ4n) is 3.69. The molecule has 0 saturated carbocycles. The Bertz CT molecular complexity index is 1440. The van der Waals surface area contributed by atoms with Crippen LogP contribution in [0.4, 0.5) is 0 Å². The largest absolute Gasteiger partial charge is 0.474 e. The average Bonchev–Trinajstić information content (AvgIpc) is 2.88. The molecule has 0 aliphatic rings. The first-order chi connectivity index (χ1) is 17.3. The topological polar surface area (TPSA) is 105 Å². The Morgan fingerprint density at radius 2 is 1.75 bits per heavy atom. The van der Waals surface area contributed by atoms with Crippen molar-refractivity contribution in [2.75, 3.05) is 19.8 Å². The number of pyridine rings is 2. The Morgan fingerprint density at radius 1 is 1.03 bits per heavy atom. The Hall–Kier alpha value is -2.94. The van der Waals surface area contributed by atoms with Crippen molar-refractivity contribution < 1.29 is 18.1 Å². The van der Waals surface area contributed by atoms with Gasteiger partial charge < -0.3 is 0 Å². The molecular formula is C25H26ClN4O5P. The number of halogens is 1. The number of benzene rings is 1. The van der Waals surface area contributed by atoms with Gasteiger partial charge in [-0.3, -0.25) is 32.9 Å². The van der Waals surface area contributed by atoms with Crippen molar-refractivity contribution in [2.24, 2.45) is 0 Å². The highest BCUT2D eigenvalue weighted by Crippen LogP contribution is 2.49. The Kier molecular flexibility index (Phi) is 8.28. The third kappa shape index (κ3) is 5.72. The van der Waals surface area contributed by atoms with Crippen molar-refractivity contribution in [3.8, 4) is 22.6 Å². The van der Waals surface area contributed by atoms with Gasteiger partial charge in [-0.1, -0.05) is 23.7 Å². The molecule has 0 aliphatic heterocycles. The second-order valence-corrected chi connectivity index (χ2v) is 9.98. The van der Waals surface area contributed by atoms with Gasteiger partial charge in [0.15, 0.2) is 0 Å². The molecule has 0 bridgehead atoms. The van der Waals surface area contributed by atoms with Crippen LogP contribution in [0.5, 0.6) is 0 Å². The van der Waals surface area contributed by atoms with E-state index in [1.807, 2.05) is 18.2 Å². The fraction of sp³-hybridized carbons (Fsp3) is 0.280. The molecule has 4 aromatic rings. The van der Waals surface area contributed by atoms with E-state index in [1.165, 1.54) is 4.57 Å². The lowest BCUT2D eigenvalue weighted by atomic mass is 10.1. The predicted molar refractivity (Wildman–Crippen MR) is 139 cm³/mol. The molecule has 1 atom stereocenters. The number of fused-ring (bicyclic) bond motifs is 1. The molecule has 1 aromatic carbocycles. The summed E-state index contributed by atoms with van der Waals surface area (Å²) in [6.45, 7) is 5.38. The van der Waals surface area contributed by atoms with Gasteiger partial charge in [0.05, 0.1) is 48.7 Å². The summed E-state index contributed by atoms with van der Waals surface area (Å²) < 4.78 is 30.4. The van der Waals surface area contributed by atoms with Gasteiger partial charge in [-0.15, -0.1) is 0 Å². The summed E-state index contributed by atoms with van der Waals surface area (Å²) in [5.41, 5.74) is 2.21. The van der Waals surface area contributed by atoms with Crippen LogP contribution in [0.15, 0.2) is 65.8 Å². The number of hydrogen-bond acceptors (Lipinski definition) is 8. The molecule has 0 aliphatic carbocycles. The molecule has 9 nitrogen and oxygen atoms in total. The van der Waals surface area contributed by atoms with E-state index in [9.17, 15) is 9.36 Å². The molecule has 3 aromatic heterocycles. The van der Waals surface area contributed by atoms with Crippen LogP contribution < -0.4 is 5.56 Å². The van der Waals surface area contributed by atoms with Crippen LogP contribution >= 0.6 is 19.4 Å². The normalized spacial score (nSPS) is 12.7. The zero-order chi connectivity index (χ0) is 25.7. The standard InChI is InChI=1S/C25H26ClN4O5P/c1-4-33-36(32,34-5-2)35-16-17(3)30-24(19-7-6-12-27-14-19)29-23-15-28-22(13-21(23)25(30)31)18-8-10-20(26)11-9-18/h6-15,17H,4-5,16H2,1-3H3. The minimum Gasteiger partial charge on any atom is -0.287 e. The highest BCUT2D eigenvalue weighted by molar-refractivity contribution is 7.48. The molecule has 0 N–H and O–H groups in total. The van der Waals surface area contributed by atoms with Gasteiger partial charge in [0.2, 0.25) is 0 Å². The highest BCUT2D eigenvalue weighted by atomic mass is 35.5. The molecule has 0 amide bonds. The van der Waals surface area contributed by atoms with Gasteiger partial charge in [0, 0.05) is 28.5 Å². The van der Waals surface area contributed by atoms with Crippen LogP contribution in [-0.4, -0.2) is 39.3 Å². The van der Waals surface area contributed by atoms with E-state index in [1.54, 1.807) is 63.6 Å². The second-order valence-electron chi connectivity index (χ2n) is 7.87. The van der Waals surface area contributed by atoms with Crippen LogP contribution in [0, 0.1) is 0 Å². The van der Waals surface area contributed by atoms with Crippen LogP contribution in [-0.2, 0) is 18.1 Å². The molecule has 3 heterocycles. The van der Waals surface area contributed by atoms with Crippen LogP contribution in [0.25, 0.3) is 33.5 Å². The highest BCUT2D eigenvalue weighted by Gasteiger charge is 2.28. The minimum absolute atomic E-state index is 0.104. The lowest BCUT2D eigenvalue weighted by Gasteiger charge is -2.22. The van der Waals surface area contributed by atoms with Crippen molar-refractivity contribution in [3.05, 3.63) is 76.4 Å². The SMILES string of the molecule is CCOP(=O)(OCC)OCC(C)n1c(-c2cccnc2)nc2cnc(-c3ccc(Cl)cc3)cc2c1=O. The van der Waals surface area contributed by atoms with Gasteiger partial charge >= 0.3 is 7.82 Å². The van der Waals surface area contributed by atoms with E-state index in [0.717, 1.165) is 5.56 Å². The first-order valence-electron chi connectivity index (χ1n) is 11.5. The summed E-state index contributed by atoms with van der Waals surface area (Å²) in [5, 5.41) is 0.988. The van der Waals surface area contributed by atoms with Crippen molar-refractivity contribution in [3.63, 3.8) is 0 Å². The molecule has 188 valence electrons. The van der Waals surface area contributed by atoms with E-state index in [2.05, 4.69) is 9.97 Å². The summed E-state index contributed by atoms with van der Waals surface area (Å²) in [5.74, 6) is 0.389. The number of phosphoric acid groups is 1. The molecule has 4 rings (SSSR count). The Morgan fingerprint density at radius 3 is 2.39 bits per heavy atom. The second kappa shape index (κ2) is 11.4. The maximum absolute atomic E-state index is 13.8. The molecule has 0 spiro atoms. The maximum Gasteiger partial charge on any atom is 0.474 e. The fourth-order valence-corrected chi connectivity index (χ4v) is 5.07. The molecule has 0 radical (unpaired) electrons. The quantitative estimate of drug-likeness (QED) is 0.233. The number of nitrogens with zero attached hydrogens (tertiary/aromatic N) is 4. The number of phosphoric ester groups is 1. The van der Waals surface area contributed by atoms with Gasteiger partial charge in [0.25, 0.3) is 5.56 Å². The van der Waals surface area contributed by atoms with Crippen LogP contribution in [0.2, 0.25) is 5.02 Å².